The Morgan fingerprint density at radius 1 is 1.17 bits per heavy atom. The van der Waals surface area contributed by atoms with Crippen molar-refractivity contribution in [3.8, 4) is 5.75 Å². The number of anilines is 1. The van der Waals surface area contributed by atoms with Gasteiger partial charge in [0.25, 0.3) is 5.91 Å². The molecule has 0 spiro atoms. The number of nitrogens with one attached hydrogen (secondary N) is 1. The average Bonchev–Trinajstić information content (AvgIpc) is 3.32. The predicted octanol–water partition coefficient (Wildman–Crippen LogP) is 4.11. The lowest BCUT2D eigenvalue weighted by Crippen LogP contribution is -2.33. The van der Waals surface area contributed by atoms with Gasteiger partial charge >= 0.3 is 0 Å². The smallest absolute Gasteiger partial charge is 0.265 e. The topological polar surface area (TPSA) is 63.6 Å². The number of amides is 2. The molecular formula is C23H24ClN3O3. The van der Waals surface area contributed by atoms with Gasteiger partial charge in [0.2, 0.25) is 5.91 Å². The molecule has 1 aliphatic rings. The second kappa shape index (κ2) is 8.40. The molecule has 30 heavy (non-hydrogen) atoms. The van der Waals surface area contributed by atoms with E-state index in [2.05, 4.69) is 5.32 Å². The van der Waals surface area contributed by atoms with Crippen molar-refractivity contribution < 1.29 is 14.3 Å². The molecule has 6 nitrogen and oxygen atoms in total. The third-order valence-corrected chi connectivity index (χ3v) is 5.68. The molecule has 2 aromatic carbocycles. The highest BCUT2D eigenvalue weighted by atomic mass is 35.5. The van der Waals surface area contributed by atoms with E-state index >= 15 is 0 Å². The molecule has 0 radical (unpaired) electrons. The first-order valence-electron chi connectivity index (χ1n) is 10.1. The monoisotopic (exact) mass is 425 g/mol. The third kappa shape index (κ3) is 4.00. The lowest BCUT2D eigenvalue weighted by atomic mass is 10.1. The quantitative estimate of drug-likeness (QED) is 0.646. The van der Waals surface area contributed by atoms with E-state index in [4.69, 9.17) is 16.3 Å². The minimum absolute atomic E-state index is 0.0907. The van der Waals surface area contributed by atoms with E-state index in [1.54, 1.807) is 12.1 Å². The van der Waals surface area contributed by atoms with Crippen LogP contribution in [0.15, 0.2) is 48.7 Å². The number of nitrogens with zero attached hydrogens (tertiary/aromatic N) is 2. The summed E-state index contributed by atoms with van der Waals surface area (Å²) < 4.78 is 7.69. The zero-order chi connectivity index (χ0) is 21.3. The molecule has 1 aromatic heterocycles. The number of benzene rings is 2. The van der Waals surface area contributed by atoms with E-state index in [0.29, 0.717) is 42.5 Å². The molecule has 2 amide bonds. The van der Waals surface area contributed by atoms with Crippen molar-refractivity contribution in [2.75, 3.05) is 18.4 Å². The molecule has 1 N–H and O–H groups in total. The fraction of sp³-hybridized carbons (Fsp3) is 0.304. The Kier molecular flexibility index (Phi) is 5.68. The average molecular weight is 426 g/mol. The zero-order valence-electron chi connectivity index (χ0n) is 17.0. The van der Waals surface area contributed by atoms with Gasteiger partial charge < -0.3 is 19.5 Å². The molecule has 1 aliphatic heterocycles. The van der Waals surface area contributed by atoms with Crippen molar-refractivity contribution in [1.29, 1.82) is 0 Å². The molecule has 1 unspecified atom stereocenters. The summed E-state index contributed by atoms with van der Waals surface area (Å²) in [5.74, 6) is 0.593. The van der Waals surface area contributed by atoms with E-state index in [0.717, 1.165) is 16.5 Å². The van der Waals surface area contributed by atoms with Gasteiger partial charge in [-0.1, -0.05) is 11.6 Å². The number of likely N-dealkylation sites (N-methyl/N-ethyl adjacent to an activating group) is 1. The Hall–Kier alpha value is -2.99. The first-order valence-corrected chi connectivity index (χ1v) is 10.5. The number of halogens is 1. The summed E-state index contributed by atoms with van der Waals surface area (Å²) in [4.78, 5) is 26.9. The highest BCUT2D eigenvalue weighted by molar-refractivity contribution is 6.30. The maximum absolute atomic E-state index is 12.7. The van der Waals surface area contributed by atoms with Crippen molar-refractivity contribution >= 4 is 40.0 Å². The predicted molar refractivity (Wildman–Crippen MR) is 118 cm³/mol. The maximum atomic E-state index is 12.7. The van der Waals surface area contributed by atoms with Gasteiger partial charge in [-0.25, -0.2) is 0 Å². The van der Waals surface area contributed by atoms with Crippen molar-refractivity contribution in [3.05, 3.63) is 59.2 Å². The molecule has 0 saturated heterocycles. The van der Waals surface area contributed by atoms with Crippen LogP contribution in [0.2, 0.25) is 5.02 Å². The number of carbonyl (C=O) groups is 2. The second-order valence-electron chi connectivity index (χ2n) is 7.34. The minimum Gasteiger partial charge on any atom is -0.480 e. The first kappa shape index (κ1) is 20.3. The normalized spacial score (nSPS) is 15.0. The van der Waals surface area contributed by atoms with Crippen molar-refractivity contribution in [3.63, 3.8) is 0 Å². The molecule has 3 aromatic rings. The number of aromatic nitrogens is 1. The number of ether oxygens (including phenoxy) is 1. The largest absolute Gasteiger partial charge is 0.480 e. The Morgan fingerprint density at radius 2 is 1.97 bits per heavy atom. The summed E-state index contributed by atoms with van der Waals surface area (Å²) in [6, 6.07) is 13.0. The first-order chi connectivity index (χ1) is 14.5. The molecule has 2 heterocycles. The van der Waals surface area contributed by atoms with Crippen LogP contribution in [0.4, 0.5) is 5.69 Å². The maximum Gasteiger partial charge on any atom is 0.265 e. The van der Waals surface area contributed by atoms with Crippen molar-refractivity contribution in [2.45, 2.75) is 32.9 Å². The van der Waals surface area contributed by atoms with Crippen molar-refractivity contribution in [2.24, 2.45) is 0 Å². The van der Waals surface area contributed by atoms with Gasteiger partial charge in [0.05, 0.1) is 0 Å². The van der Waals surface area contributed by atoms with Crippen molar-refractivity contribution in [1.82, 2.24) is 9.47 Å². The van der Waals surface area contributed by atoms with Crippen LogP contribution in [0.5, 0.6) is 5.75 Å². The third-order valence-electron chi connectivity index (χ3n) is 5.45. The lowest BCUT2D eigenvalue weighted by molar-refractivity contribution is -0.131. The number of carbonyl (C=O) groups excluding carboxylic acids is 2. The summed E-state index contributed by atoms with van der Waals surface area (Å²) in [7, 11) is 0. The van der Waals surface area contributed by atoms with Crippen LogP contribution in [0.1, 0.15) is 19.4 Å². The van der Waals surface area contributed by atoms with Gasteiger partial charge in [0, 0.05) is 47.3 Å². The SMILES string of the molecule is CCN(CC)C(=O)Cn1ccc2cc(NC(=O)C3Cc4cc(Cl)ccc4O3)ccc21. The van der Waals surface area contributed by atoms with Crippen LogP contribution in [-0.4, -0.2) is 40.5 Å². The van der Waals surface area contributed by atoms with Gasteiger partial charge in [-0.05, 0) is 61.9 Å². The van der Waals surface area contributed by atoms with Crippen LogP contribution in [-0.2, 0) is 22.6 Å². The Bertz CT molecular complexity index is 1100. The summed E-state index contributed by atoms with van der Waals surface area (Å²) in [6.45, 7) is 5.65. The molecule has 0 fully saturated rings. The molecule has 156 valence electrons. The molecule has 1 atom stereocenters. The molecule has 0 saturated carbocycles. The highest BCUT2D eigenvalue weighted by Crippen LogP contribution is 2.31. The number of rotatable bonds is 6. The standard InChI is InChI=1S/C23H24ClN3O3/c1-3-26(4-2)22(28)14-27-10-9-15-12-18(6-7-19(15)27)25-23(29)21-13-16-11-17(24)5-8-20(16)30-21/h5-12,21H,3-4,13-14H2,1-2H3,(H,25,29). The van der Waals surface area contributed by atoms with Gasteiger partial charge in [-0.2, -0.15) is 0 Å². The van der Waals surface area contributed by atoms with Gasteiger partial charge in [0.15, 0.2) is 6.10 Å². The van der Waals surface area contributed by atoms with Crippen LogP contribution in [0.3, 0.4) is 0 Å². The molecular weight excluding hydrogens is 402 g/mol. The molecule has 0 aliphatic carbocycles. The summed E-state index contributed by atoms with van der Waals surface area (Å²) in [6.07, 6.45) is 1.82. The van der Waals surface area contributed by atoms with Crippen LogP contribution < -0.4 is 10.1 Å². The summed E-state index contributed by atoms with van der Waals surface area (Å²) in [5.41, 5.74) is 2.58. The number of hydrogen-bond donors (Lipinski definition) is 1. The Balaban J connectivity index is 1.45. The van der Waals surface area contributed by atoms with Crippen LogP contribution in [0, 0.1) is 0 Å². The van der Waals surface area contributed by atoms with Crippen LogP contribution >= 0.6 is 11.6 Å². The number of fused-ring (bicyclic) bond motifs is 2. The van der Waals surface area contributed by atoms with Gasteiger partial charge in [0.1, 0.15) is 12.3 Å². The molecule has 0 bridgehead atoms. The highest BCUT2D eigenvalue weighted by Gasteiger charge is 2.29. The lowest BCUT2D eigenvalue weighted by Gasteiger charge is -2.19. The number of hydrogen-bond acceptors (Lipinski definition) is 3. The molecule has 4 rings (SSSR count). The second-order valence-corrected chi connectivity index (χ2v) is 7.77. The Morgan fingerprint density at radius 3 is 2.73 bits per heavy atom. The van der Waals surface area contributed by atoms with E-state index in [1.807, 2.05) is 59.8 Å². The van der Waals surface area contributed by atoms with E-state index in [1.165, 1.54) is 0 Å². The minimum atomic E-state index is -0.578. The fourth-order valence-electron chi connectivity index (χ4n) is 3.82. The summed E-state index contributed by atoms with van der Waals surface area (Å²) in [5, 5.41) is 4.52. The van der Waals surface area contributed by atoms with E-state index in [9.17, 15) is 9.59 Å². The van der Waals surface area contributed by atoms with Gasteiger partial charge in [-0.15, -0.1) is 0 Å². The van der Waals surface area contributed by atoms with Crippen LogP contribution in [0.25, 0.3) is 10.9 Å². The van der Waals surface area contributed by atoms with Gasteiger partial charge in [-0.3, -0.25) is 9.59 Å². The van der Waals surface area contributed by atoms with E-state index < -0.39 is 6.10 Å². The Labute approximate surface area is 180 Å². The zero-order valence-corrected chi connectivity index (χ0v) is 17.8. The fourth-order valence-corrected chi connectivity index (χ4v) is 4.02. The van der Waals surface area contributed by atoms with E-state index in [-0.39, 0.29) is 11.8 Å². The summed E-state index contributed by atoms with van der Waals surface area (Å²) >= 11 is 6.02. The molecule has 7 heteroatoms.